The molecule has 0 bridgehead atoms. The van der Waals surface area contributed by atoms with E-state index in [9.17, 15) is 4.79 Å². The molecule has 0 aliphatic carbocycles. The molecule has 1 aliphatic rings. The fourth-order valence-electron chi connectivity index (χ4n) is 3.36. The zero-order valence-electron chi connectivity index (χ0n) is 15.7. The molecule has 1 fully saturated rings. The maximum absolute atomic E-state index is 11.2. The van der Waals surface area contributed by atoms with Gasteiger partial charge in [0, 0.05) is 39.3 Å². The van der Waals surface area contributed by atoms with E-state index in [1.54, 1.807) is 0 Å². The molecular formula is C19H31IN4O. The molecule has 1 saturated heterocycles. The van der Waals surface area contributed by atoms with Crippen LogP contribution < -0.4 is 10.6 Å². The molecule has 0 radical (unpaired) electrons. The number of carbonyl (C=O) groups is 1. The summed E-state index contributed by atoms with van der Waals surface area (Å²) in [6.45, 7) is 8.96. The van der Waals surface area contributed by atoms with Gasteiger partial charge in [-0.15, -0.1) is 24.0 Å². The van der Waals surface area contributed by atoms with Gasteiger partial charge in [-0.2, -0.15) is 0 Å². The number of carbonyl (C=O) groups excluding carboxylic acids is 1. The highest BCUT2D eigenvalue weighted by Crippen LogP contribution is 2.23. The zero-order valence-corrected chi connectivity index (χ0v) is 18.0. The molecule has 1 aromatic rings. The smallest absolute Gasteiger partial charge is 0.221 e. The average molecular weight is 458 g/mol. The van der Waals surface area contributed by atoms with Crippen molar-refractivity contribution in [1.82, 2.24) is 10.2 Å². The zero-order chi connectivity index (χ0) is 17.5. The first-order valence-electron chi connectivity index (χ1n) is 8.80. The molecule has 0 aromatic heterocycles. The van der Waals surface area contributed by atoms with Crippen LogP contribution in [0.5, 0.6) is 0 Å². The fourth-order valence-corrected chi connectivity index (χ4v) is 3.36. The minimum absolute atomic E-state index is 0. The third-order valence-corrected chi connectivity index (χ3v) is 4.30. The Bertz CT molecular complexity index is 589. The average Bonchev–Trinajstić information content (AvgIpc) is 2.95. The number of likely N-dealkylation sites (tertiary alicyclic amines) is 1. The highest BCUT2D eigenvalue weighted by atomic mass is 127. The van der Waals surface area contributed by atoms with E-state index in [0.29, 0.717) is 6.54 Å². The minimum Gasteiger partial charge on any atom is -0.352 e. The summed E-state index contributed by atoms with van der Waals surface area (Å²) in [4.78, 5) is 17.9. The van der Waals surface area contributed by atoms with Crippen LogP contribution in [-0.4, -0.2) is 36.9 Å². The van der Waals surface area contributed by atoms with Crippen molar-refractivity contribution < 1.29 is 4.79 Å². The van der Waals surface area contributed by atoms with Gasteiger partial charge in [0.2, 0.25) is 5.91 Å². The van der Waals surface area contributed by atoms with Gasteiger partial charge in [0.1, 0.15) is 0 Å². The van der Waals surface area contributed by atoms with E-state index in [2.05, 4.69) is 40.4 Å². The third-order valence-electron chi connectivity index (χ3n) is 4.30. The lowest BCUT2D eigenvalue weighted by Gasteiger charge is -2.22. The van der Waals surface area contributed by atoms with E-state index in [0.717, 1.165) is 42.1 Å². The molecule has 0 spiro atoms. The maximum atomic E-state index is 11.2. The van der Waals surface area contributed by atoms with Crippen molar-refractivity contribution in [1.29, 1.82) is 0 Å². The van der Waals surface area contributed by atoms with E-state index in [1.165, 1.54) is 19.8 Å². The van der Waals surface area contributed by atoms with Gasteiger partial charge in [-0.05, 0) is 42.4 Å². The van der Waals surface area contributed by atoms with E-state index in [-0.39, 0.29) is 29.9 Å². The number of guanidine groups is 1. The van der Waals surface area contributed by atoms with Crippen LogP contribution >= 0.6 is 24.0 Å². The second kappa shape index (κ2) is 10.6. The van der Waals surface area contributed by atoms with Crippen molar-refractivity contribution in [2.75, 3.05) is 25.5 Å². The summed E-state index contributed by atoms with van der Waals surface area (Å²) in [7, 11) is 1.84. The van der Waals surface area contributed by atoms with E-state index >= 15 is 0 Å². The molecule has 1 unspecified atom stereocenters. The van der Waals surface area contributed by atoms with Gasteiger partial charge in [-0.25, -0.2) is 0 Å². The Balaban J connectivity index is 0.00000312. The van der Waals surface area contributed by atoms with Crippen LogP contribution in [0.2, 0.25) is 0 Å². The number of amides is 1. The lowest BCUT2D eigenvalue weighted by molar-refractivity contribution is -0.114. The number of nitrogens with zero attached hydrogens (tertiary/aromatic N) is 2. The normalized spacial score (nSPS) is 17.4. The van der Waals surface area contributed by atoms with Crippen molar-refractivity contribution in [2.24, 2.45) is 16.8 Å². The number of nitrogens with one attached hydrogen (secondary N) is 2. The van der Waals surface area contributed by atoms with Gasteiger partial charge < -0.3 is 15.5 Å². The molecule has 1 amide bonds. The molecular weight excluding hydrogens is 427 g/mol. The third kappa shape index (κ3) is 7.22. The van der Waals surface area contributed by atoms with Gasteiger partial charge >= 0.3 is 0 Å². The van der Waals surface area contributed by atoms with Crippen molar-refractivity contribution in [3.05, 3.63) is 29.8 Å². The Morgan fingerprint density at radius 1 is 1.40 bits per heavy atom. The molecule has 0 saturated carbocycles. The van der Waals surface area contributed by atoms with Crippen LogP contribution in [-0.2, 0) is 11.3 Å². The van der Waals surface area contributed by atoms with Gasteiger partial charge in [0.25, 0.3) is 0 Å². The van der Waals surface area contributed by atoms with Crippen LogP contribution in [0.4, 0.5) is 5.69 Å². The fraction of sp³-hybridized carbons (Fsp3) is 0.579. The number of rotatable bonds is 5. The summed E-state index contributed by atoms with van der Waals surface area (Å²) in [5.41, 5.74) is 1.95. The SMILES string of the molecule is CN=C(NCc1cccc(NC(C)=O)c1)N1CCC(CC(C)C)C1.I. The predicted molar refractivity (Wildman–Crippen MR) is 115 cm³/mol. The maximum Gasteiger partial charge on any atom is 0.221 e. The Kier molecular flexibility index (Phi) is 9.24. The van der Waals surface area contributed by atoms with Crippen molar-refractivity contribution in [2.45, 2.75) is 40.2 Å². The monoisotopic (exact) mass is 458 g/mol. The number of halogens is 1. The lowest BCUT2D eigenvalue weighted by atomic mass is 9.97. The number of benzene rings is 1. The summed E-state index contributed by atoms with van der Waals surface area (Å²) < 4.78 is 0. The molecule has 1 atom stereocenters. The molecule has 2 N–H and O–H groups in total. The van der Waals surface area contributed by atoms with E-state index in [4.69, 9.17) is 0 Å². The number of hydrogen-bond donors (Lipinski definition) is 2. The van der Waals surface area contributed by atoms with Crippen LogP contribution in [0.15, 0.2) is 29.3 Å². The van der Waals surface area contributed by atoms with Crippen molar-refractivity contribution in [3.63, 3.8) is 0 Å². The largest absolute Gasteiger partial charge is 0.352 e. The standard InChI is InChI=1S/C19H30N4O.HI/c1-14(2)10-17-8-9-23(13-17)19(20-4)21-12-16-6-5-7-18(11-16)22-15(3)24;/h5-7,11,14,17H,8-10,12-13H2,1-4H3,(H,20,21)(H,22,24);1H. The van der Waals surface area contributed by atoms with E-state index in [1.807, 2.05) is 25.2 Å². The Labute approximate surface area is 168 Å². The molecule has 1 aromatic carbocycles. The van der Waals surface area contributed by atoms with Crippen LogP contribution in [0.1, 0.15) is 39.2 Å². The first-order valence-corrected chi connectivity index (χ1v) is 8.80. The highest BCUT2D eigenvalue weighted by Gasteiger charge is 2.25. The van der Waals surface area contributed by atoms with Gasteiger partial charge in [0.05, 0.1) is 0 Å². The lowest BCUT2D eigenvalue weighted by Crippen LogP contribution is -2.39. The Morgan fingerprint density at radius 3 is 2.80 bits per heavy atom. The first-order chi connectivity index (χ1) is 11.5. The number of hydrogen-bond acceptors (Lipinski definition) is 2. The Morgan fingerprint density at radius 2 is 2.16 bits per heavy atom. The minimum atomic E-state index is -0.0517. The molecule has 25 heavy (non-hydrogen) atoms. The van der Waals surface area contributed by atoms with Crippen molar-refractivity contribution >= 4 is 41.5 Å². The van der Waals surface area contributed by atoms with Crippen LogP contribution in [0.3, 0.4) is 0 Å². The quantitative estimate of drug-likeness (QED) is 0.402. The predicted octanol–water partition coefficient (Wildman–Crippen LogP) is 3.71. The molecule has 2 rings (SSSR count). The number of anilines is 1. The second-order valence-corrected chi connectivity index (χ2v) is 7.01. The van der Waals surface area contributed by atoms with Gasteiger partial charge in [-0.1, -0.05) is 26.0 Å². The summed E-state index contributed by atoms with van der Waals surface area (Å²) in [6, 6.07) is 7.90. The summed E-state index contributed by atoms with van der Waals surface area (Å²) in [5, 5.41) is 6.26. The van der Waals surface area contributed by atoms with Crippen LogP contribution in [0.25, 0.3) is 0 Å². The molecule has 140 valence electrons. The molecule has 1 aliphatic heterocycles. The highest BCUT2D eigenvalue weighted by molar-refractivity contribution is 14.0. The molecule has 5 nitrogen and oxygen atoms in total. The Hall–Kier alpha value is -1.31. The van der Waals surface area contributed by atoms with Gasteiger partial charge in [0.15, 0.2) is 5.96 Å². The second-order valence-electron chi connectivity index (χ2n) is 7.01. The van der Waals surface area contributed by atoms with Crippen LogP contribution in [0, 0.1) is 11.8 Å². The summed E-state index contributed by atoms with van der Waals surface area (Å²) in [6.07, 6.45) is 2.53. The number of aliphatic imine (C=N–C) groups is 1. The summed E-state index contributed by atoms with van der Waals surface area (Å²) >= 11 is 0. The van der Waals surface area contributed by atoms with E-state index < -0.39 is 0 Å². The first kappa shape index (κ1) is 21.7. The summed E-state index contributed by atoms with van der Waals surface area (Å²) in [5.74, 6) is 2.43. The molecule has 6 heteroatoms. The van der Waals surface area contributed by atoms with Crippen molar-refractivity contribution in [3.8, 4) is 0 Å². The van der Waals surface area contributed by atoms with Gasteiger partial charge in [-0.3, -0.25) is 9.79 Å². The molecule has 1 heterocycles. The topological polar surface area (TPSA) is 56.7 Å².